The Bertz CT molecular complexity index is 1010. The molecule has 176 valence electrons. The van der Waals surface area contributed by atoms with Crippen molar-refractivity contribution >= 4 is 12.0 Å². The van der Waals surface area contributed by atoms with Crippen molar-refractivity contribution in [2.45, 2.75) is 12.0 Å². The van der Waals surface area contributed by atoms with E-state index in [4.69, 9.17) is 18.9 Å². The molecule has 2 heterocycles. The van der Waals surface area contributed by atoms with Gasteiger partial charge in [0.25, 0.3) is 0 Å². The van der Waals surface area contributed by atoms with Crippen LogP contribution in [0.25, 0.3) is 0 Å². The number of hydrogen-bond donors (Lipinski definition) is 1. The Labute approximate surface area is 192 Å². The average molecular weight is 456 g/mol. The van der Waals surface area contributed by atoms with E-state index in [1.54, 1.807) is 49.3 Å². The second kappa shape index (κ2) is 9.58. The predicted molar refractivity (Wildman–Crippen MR) is 119 cm³/mol. The molecule has 1 fully saturated rings. The molecule has 0 bridgehead atoms. The molecule has 0 unspecified atom stereocenters. The lowest BCUT2D eigenvalue weighted by molar-refractivity contribution is -0.143. The van der Waals surface area contributed by atoms with Gasteiger partial charge in [-0.25, -0.2) is 4.79 Å². The van der Waals surface area contributed by atoms with Crippen LogP contribution in [0.15, 0.2) is 42.5 Å². The van der Waals surface area contributed by atoms with Gasteiger partial charge in [0, 0.05) is 33.2 Å². The summed E-state index contributed by atoms with van der Waals surface area (Å²) in [7, 11) is 4.83. The van der Waals surface area contributed by atoms with Gasteiger partial charge in [-0.2, -0.15) is 0 Å². The van der Waals surface area contributed by atoms with Gasteiger partial charge in [-0.1, -0.05) is 18.2 Å². The van der Waals surface area contributed by atoms with Crippen molar-refractivity contribution in [2.24, 2.45) is 5.92 Å². The van der Waals surface area contributed by atoms with Gasteiger partial charge in [0.1, 0.15) is 5.75 Å². The smallest absolute Gasteiger partial charge is 0.320 e. The van der Waals surface area contributed by atoms with E-state index in [1.807, 2.05) is 24.3 Å². The molecule has 0 spiro atoms. The largest absolute Gasteiger partial charge is 0.497 e. The van der Waals surface area contributed by atoms with Crippen LogP contribution in [0.4, 0.5) is 4.79 Å². The summed E-state index contributed by atoms with van der Waals surface area (Å²) in [6, 6.07) is 11.7. The number of likely N-dealkylation sites (tertiary alicyclic amines) is 1. The summed E-state index contributed by atoms with van der Waals surface area (Å²) in [5, 5.41) is 10.3. The topological polar surface area (TPSA) is 97.8 Å². The zero-order valence-electron chi connectivity index (χ0n) is 18.9. The van der Waals surface area contributed by atoms with Crippen LogP contribution in [0.1, 0.15) is 23.1 Å². The monoisotopic (exact) mass is 456 g/mol. The standard InChI is InChI=1S/C24H28N2O7/c1-25(10-11-30-2)24(29)26-13-18(16-6-9-19-20(12-16)33-14-32-19)21(23(27)28)22(26)15-4-7-17(31-3)8-5-15/h4-9,12,18,21-22H,10-11,13-14H2,1-3H3,(H,27,28)/t18-,21+,22-/m1/s1. The third-order valence-corrected chi connectivity index (χ3v) is 6.27. The van der Waals surface area contributed by atoms with Crippen molar-refractivity contribution in [3.8, 4) is 17.2 Å². The first-order valence-corrected chi connectivity index (χ1v) is 10.7. The molecule has 9 heteroatoms. The maximum absolute atomic E-state index is 13.4. The molecule has 9 nitrogen and oxygen atoms in total. The van der Waals surface area contributed by atoms with Crippen molar-refractivity contribution < 1.29 is 33.6 Å². The molecule has 1 N–H and O–H groups in total. The number of amides is 2. The number of urea groups is 1. The van der Waals surface area contributed by atoms with Crippen molar-refractivity contribution in [3.05, 3.63) is 53.6 Å². The molecule has 2 aromatic carbocycles. The number of carbonyl (C=O) groups is 2. The Morgan fingerprint density at radius 1 is 1.09 bits per heavy atom. The second-order valence-corrected chi connectivity index (χ2v) is 8.15. The minimum absolute atomic E-state index is 0.134. The van der Waals surface area contributed by atoms with E-state index in [1.165, 1.54) is 0 Å². The van der Waals surface area contributed by atoms with Gasteiger partial charge in [-0.05, 0) is 35.4 Å². The average Bonchev–Trinajstić information content (AvgIpc) is 3.46. The number of fused-ring (bicyclic) bond motifs is 1. The van der Waals surface area contributed by atoms with Crippen LogP contribution in [0.5, 0.6) is 17.2 Å². The highest BCUT2D eigenvalue weighted by atomic mass is 16.7. The van der Waals surface area contributed by atoms with Crippen LogP contribution in [0, 0.1) is 5.92 Å². The molecule has 0 aromatic heterocycles. The fourth-order valence-corrected chi connectivity index (χ4v) is 4.55. The van der Waals surface area contributed by atoms with Crippen LogP contribution in [0.3, 0.4) is 0 Å². The van der Waals surface area contributed by atoms with Crippen molar-refractivity contribution in [1.82, 2.24) is 9.80 Å². The first-order valence-electron chi connectivity index (χ1n) is 10.7. The number of likely N-dealkylation sites (N-methyl/N-ethyl adjacent to an activating group) is 1. The summed E-state index contributed by atoms with van der Waals surface area (Å²) in [5.74, 6) is -0.371. The van der Waals surface area contributed by atoms with Crippen LogP contribution in [-0.4, -0.2) is 74.7 Å². The molecule has 0 radical (unpaired) electrons. The summed E-state index contributed by atoms with van der Waals surface area (Å²) < 4.78 is 21.3. The van der Waals surface area contributed by atoms with Crippen molar-refractivity contribution in [3.63, 3.8) is 0 Å². The Kier molecular flexibility index (Phi) is 6.60. The minimum atomic E-state index is -0.965. The number of methoxy groups -OCH3 is 2. The minimum Gasteiger partial charge on any atom is -0.497 e. The molecule has 2 amide bonds. The zero-order chi connectivity index (χ0) is 23.5. The number of benzene rings is 2. The molecule has 3 atom stereocenters. The molecule has 1 saturated heterocycles. The van der Waals surface area contributed by atoms with E-state index in [-0.39, 0.29) is 19.4 Å². The number of aliphatic carboxylic acids is 1. The lowest BCUT2D eigenvalue weighted by Gasteiger charge is -2.31. The summed E-state index contributed by atoms with van der Waals surface area (Å²) in [6.45, 7) is 1.17. The molecular formula is C24H28N2O7. The molecule has 4 rings (SSSR count). The summed E-state index contributed by atoms with van der Waals surface area (Å²) in [6.07, 6.45) is 0. The van der Waals surface area contributed by atoms with Crippen LogP contribution < -0.4 is 14.2 Å². The fourth-order valence-electron chi connectivity index (χ4n) is 4.55. The first kappa shape index (κ1) is 22.7. The van der Waals surface area contributed by atoms with E-state index in [0.29, 0.717) is 30.4 Å². The zero-order valence-corrected chi connectivity index (χ0v) is 18.9. The van der Waals surface area contributed by atoms with E-state index in [0.717, 1.165) is 11.1 Å². The van der Waals surface area contributed by atoms with Crippen molar-refractivity contribution in [1.29, 1.82) is 0 Å². The molecule has 0 saturated carbocycles. The van der Waals surface area contributed by atoms with Gasteiger partial charge >= 0.3 is 12.0 Å². The highest BCUT2D eigenvalue weighted by molar-refractivity contribution is 5.80. The second-order valence-electron chi connectivity index (χ2n) is 8.15. The SMILES string of the molecule is COCCN(C)C(=O)N1C[C@H](c2ccc3c(c2)OCO3)[C@H](C(=O)O)[C@H]1c1ccc(OC)cc1. The van der Waals surface area contributed by atoms with Crippen LogP contribution in [0.2, 0.25) is 0 Å². The summed E-state index contributed by atoms with van der Waals surface area (Å²) in [5.41, 5.74) is 1.53. The number of ether oxygens (including phenoxy) is 4. The van der Waals surface area contributed by atoms with Gasteiger partial charge in [0.05, 0.1) is 25.7 Å². The maximum Gasteiger partial charge on any atom is 0.320 e. The lowest BCUT2D eigenvalue weighted by atomic mass is 9.83. The van der Waals surface area contributed by atoms with Gasteiger partial charge in [0.2, 0.25) is 6.79 Å². The third-order valence-electron chi connectivity index (χ3n) is 6.27. The summed E-state index contributed by atoms with van der Waals surface area (Å²) >= 11 is 0. The fraction of sp³-hybridized carbons (Fsp3) is 0.417. The van der Waals surface area contributed by atoms with Crippen molar-refractivity contribution in [2.75, 3.05) is 47.8 Å². The maximum atomic E-state index is 13.4. The van der Waals surface area contributed by atoms with Gasteiger partial charge in [-0.15, -0.1) is 0 Å². The number of nitrogens with zero attached hydrogens (tertiary/aromatic N) is 2. The quantitative estimate of drug-likeness (QED) is 0.684. The first-order chi connectivity index (χ1) is 15.9. The molecule has 2 aliphatic rings. The highest BCUT2D eigenvalue weighted by Gasteiger charge is 2.50. The van der Waals surface area contributed by atoms with E-state index in [2.05, 4.69) is 0 Å². The lowest BCUT2D eigenvalue weighted by Crippen LogP contribution is -2.43. The van der Waals surface area contributed by atoms with Gasteiger partial charge < -0.3 is 33.9 Å². The van der Waals surface area contributed by atoms with E-state index in [9.17, 15) is 14.7 Å². The number of rotatable bonds is 7. The highest BCUT2D eigenvalue weighted by Crippen LogP contribution is 2.48. The number of carboxylic acids is 1. The Hall–Kier alpha value is -3.46. The Balaban J connectivity index is 1.74. The number of carboxylic acid groups (broad SMARTS) is 1. The van der Waals surface area contributed by atoms with Gasteiger partial charge in [0.15, 0.2) is 11.5 Å². The number of hydrogen-bond acceptors (Lipinski definition) is 6. The van der Waals surface area contributed by atoms with E-state index >= 15 is 0 Å². The molecule has 2 aromatic rings. The Morgan fingerprint density at radius 2 is 1.79 bits per heavy atom. The third kappa shape index (κ3) is 4.41. The molecular weight excluding hydrogens is 428 g/mol. The Morgan fingerprint density at radius 3 is 2.45 bits per heavy atom. The van der Waals surface area contributed by atoms with Crippen LogP contribution in [-0.2, 0) is 9.53 Å². The van der Waals surface area contributed by atoms with Gasteiger partial charge in [-0.3, -0.25) is 4.79 Å². The van der Waals surface area contributed by atoms with Crippen LogP contribution >= 0.6 is 0 Å². The normalized spacial score (nSPS) is 21.2. The molecule has 33 heavy (non-hydrogen) atoms. The van der Waals surface area contributed by atoms with E-state index < -0.39 is 23.8 Å². The summed E-state index contributed by atoms with van der Waals surface area (Å²) in [4.78, 5) is 29.2. The predicted octanol–water partition coefficient (Wildman–Crippen LogP) is 2.96. The molecule has 2 aliphatic heterocycles. The molecule has 0 aliphatic carbocycles. The number of carbonyl (C=O) groups excluding carboxylic acids is 1.